The fraction of sp³-hybridized carbons (Fsp3) is 0.143. The molecule has 0 saturated carbocycles. The number of benzene rings is 1. The van der Waals surface area contributed by atoms with Gasteiger partial charge in [-0.3, -0.25) is 0 Å². The Morgan fingerprint density at radius 1 is 1.27 bits per heavy atom. The molecule has 0 bridgehead atoms. The summed E-state index contributed by atoms with van der Waals surface area (Å²) in [6.45, 7) is 2.08. The summed E-state index contributed by atoms with van der Waals surface area (Å²) in [5.41, 5.74) is 1.26. The van der Waals surface area contributed by atoms with Crippen LogP contribution in [-0.2, 0) is 0 Å². The minimum atomic E-state index is 1.15. The summed E-state index contributed by atoms with van der Waals surface area (Å²) in [6, 6.07) is 4.22. The first-order valence-electron chi connectivity index (χ1n) is 2.90. The van der Waals surface area contributed by atoms with E-state index in [0.717, 1.165) is 8.95 Å². The molecule has 4 heteroatoms. The highest BCUT2D eigenvalue weighted by Crippen LogP contribution is 2.38. The Kier molecular flexibility index (Phi) is 4.21. The molecule has 0 atom stereocenters. The molecule has 0 aliphatic heterocycles. The number of hydrogen-bond acceptors (Lipinski definition) is 1. The van der Waals surface area contributed by atoms with Gasteiger partial charge in [0.25, 0.3) is 0 Å². The fourth-order valence-corrected chi connectivity index (χ4v) is 4.15. The molecule has 0 aromatic heterocycles. The summed E-state index contributed by atoms with van der Waals surface area (Å²) in [6.07, 6.45) is 0. The molecule has 0 N–H and O–H groups in total. The summed E-state index contributed by atoms with van der Waals surface area (Å²) in [5, 5.41) is 0. The van der Waals surface area contributed by atoms with E-state index in [4.69, 9.17) is 0 Å². The molecule has 1 aromatic carbocycles. The molecule has 0 fully saturated rings. The minimum Gasteiger partial charge on any atom is -0.0570 e. The van der Waals surface area contributed by atoms with Gasteiger partial charge < -0.3 is 0 Å². The lowest BCUT2D eigenvalue weighted by atomic mass is 10.2. The Morgan fingerprint density at radius 2 is 1.91 bits per heavy atom. The number of aryl methyl sites for hydroxylation is 1. The third kappa shape index (κ3) is 2.35. The maximum absolute atomic E-state index is 3.52. The fourth-order valence-electron chi connectivity index (χ4n) is 0.688. The quantitative estimate of drug-likeness (QED) is 0.593. The van der Waals surface area contributed by atoms with Crippen molar-refractivity contribution in [3.8, 4) is 0 Å². The van der Waals surface area contributed by atoms with Crippen molar-refractivity contribution in [2.75, 3.05) is 0 Å². The van der Waals surface area contributed by atoms with Crippen molar-refractivity contribution in [2.45, 2.75) is 11.8 Å². The average Bonchev–Trinajstić information content (AvgIpc) is 2.01. The van der Waals surface area contributed by atoms with E-state index < -0.39 is 0 Å². The first-order valence-corrected chi connectivity index (χ1v) is 7.84. The van der Waals surface area contributed by atoms with Crippen LogP contribution < -0.4 is 0 Å². The van der Waals surface area contributed by atoms with E-state index in [0.29, 0.717) is 0 Å². The summed E-state index contributed by atoms with van der Waals surface area (Å²) in [4.78, 5) is 1.25. The van der Waals surface area contributed by atoms with Gasteiger partial charge >= 0.3 is 0 Å². The van der Waals surface area contributed by atoms with Crippen molar-refractivity contribution in [2.24, 2.45) is 0 Å². The van der Waals surface area contributed by atoms with E-state index in [1.165, 1.54) is 10.5 Å². The Labute approximate surface area is 99.4 Å². The largest absolute Gasteiger partial charge is 0.0570 e. The van der Waals surface area contributed by atoms with Gasteiger partial charge in [-0.25, -0.2) is 0 Å². The number of rotatable bonds is 1. The van der Waals surface area contributed by atoms with Crippen LogP contribution in [0.25, 0.3) is 0 Å². The molecule has 0 spiro atoms. The van der Waals surface area contributed by atoms with Gasteiger partial charge in [0, 0.05) is 35.0 Å². The predicted molar refractivity (Wildman–Crippen MR) is 66.5 cm³/mol. The average molecular weight is 408 g/mol. The van der Waals surface area contributed by atoms with Gasteiger partial charge in [-0.1, -0.05) is 15.0 Å². The van der Waals surface area contributed by atoms with Gasteiger partial charge in [-0.05, 0) is 50.4 Å². The maximum Gasteiger partial charge on any atom is 0.0463 e. The summed E-state index contributed by atoms with van der Waals surface area (Å²) >= 11 is 9.30. The zero-order valence-corrected chi connectivity index (χ0v) is 11.8. The minimum absolute atomic E-state index is 1.15. The van der Waals surface area contributed by atoms with Gasteiger partial charge in [-0.2, -0.15) is 0 Å². The molecule has 60 valence electrons. The molecule has 11 heavy (non-hydrogen) atoms. The van der Waals surface area contributed by atoms with Gasteiger partial charge in [0.1, 0.15) is 0 Å². The molecule has 0 amide bonds. The second-order valence-corrected chi connectivity index (χ2v) is 5.59. The van der Waals surface area contributed by atoms with Crippen molar-refractivity contribution in [1.82, 2.24) is 0 Å². The smallest absolute Gasteiger partial charge is 0.0463 e. The van der Waals surface area contributed by atoms with Gasteiger partial charge in [-0.15, -0.1) is 0 Å². The Balaban J connectivity index is 3.25. The third-order valence-corrected chi connectivity index (χ3v) is 5.89. The van der Waals surface area contributed by atoms with Crippen LogP contribution in [0.4, 0.5) is 0 Å². The van der Waals surface area contributed by atoms with Crippen LogP contribution in [-0.4, -0.2) is 0 Å². The van der Waals surface area contributed by atoms with E-state index in [1.54, 1.807) is 8.93 Å². The van der Waals surface area contributed by atoms with Gasteiger partial charge in [0.2, 0.25) is 0 Å². The van der Waals surface area contributed by atoms with E-state index in [2.05, 4.69) is 72.1 Å². The van der Waals surface area contributed by atoms with E-state index in [1.807, 2.05) is 0 Å². The Hall–Kier alpha value is 1.26. The molecule has 0 unspecified atom stereocenters. The van der Waals surface area contributed by atoms with E-state index >= 15 is 0 Å². The maximum atomic E-state index is 3.52. The van der Waals surface area contributed by atoms with Gasteiger partial charge in [0.05, 0.1) is 0 Å². The van der Waals surface area contributed by atoms with Crippen molar-refractivity contribution in [3.05, 3.63) is 26.6 Å². The van der Waals surface area contributed by atoms with E-state index in [-0.39, 0.29) is 0 Å². The lowest BCUT2D eigenvalue weighted by Gasteiger charge is -2.04. The summed E-state index contributed by atoms with van der Waals surface area (Å²) < 4.78 is 2.30. The lowest BCUT2D eigenvalue weighted by Crippen LogP contribution is -1.79. The van der Waals surface area contributed by atoms with Crippen molar-refractivity contribution >= 4 is 62.0 Å². The topological polar surface area (TPSA) is 0 Å². The molecule has 0 nitrogen and oxygen atoms in total. The normalized spacial score (nSPS) is 10.2. The Morgan fingerprint density at radius 3 is 2.45 bits per heavy atom. The monoisotopic (exact) mass is 406 g/mol. The van der Waals surface area contributed by atoms with Crippen LogP contribution in [0.15, 0.2) is 26.0 Å². The first kappa shape index (κ1) is 10.3. The first-order chi connectivity index (χ1) is 5.16. The highest BCUT2D eigenvalue weighted by molar-refractivity contribution is 14.2. The highest BCUT2D eigenvalue weighted by atomic mass is 127. The van der Waals surface area contributed by atoms with Crippen LogP contribution in [0.3, 0.4) is 0 Å². The predicted octanol–water partition coefficient (Wildman–Crippen LogP) is 4.96. The molecular formula is C7H5Br2IS. The summed E-state index contributed by atoms with van der Waals surface area (Å²) in [5.74, 6) is 0. The van der Waals surface area contributed by atoms with Crippen LogP contribution in [0.2, 0.25) is 0 Å². The lowest BCUT2D eigenvalue weighted by molar-refractivity contribution is 1.31. The summed E-state index contributed by atoms with van der Waals surface area (Å²) in [7, 11) is 1.71. The van der Waals surface area contributed by atoms with Crippen LogP contribution in [0.1, 0.15) is 5.56 Å². The van der Waals surface area contributed by atoms with Crippen molar-refractivity contribution in [3.63, 3.8) is 0 Å². The zero-order chi connectivity index (χ0) is 8.43. The second kappa shape index (κ2) is 4.48. The van der Waals surface area contributed by atoms with Crippen molar-refractivity contribution in [1.29, 1.82) is 0 Å². The molecule has 0 aliphatic carbocycles. The van der Waals surface area contributed by atoms with Gasteiger partial charge in [0.15, 0.2) is 0 Å². The Bertz CT molecular complexity index is 275. The van der Waals surface area contributed by atoms with Crippen LogP contribution in [0, 0.1) is 6.92 Å². The second-order valence-electron chi connectivity index (χ2n) is 2.09. The van der Waals surface area contributed by atoms with Crippen LogP contribution >= 0.6 is 62.0 Å². The third-order valence-electron chi connectivity index (χ3n) is 1.32. The molecule has 1 rings (SSSR count). The molecule has 0 saturated heterocycles. The number of hydrogen-bond donors (Lipinski definition) is 0. The molecule has 0 radical (unpaired) electrons. The highest BCUT2D eigenvalue weighted by Gasteiger charge is 2.04. The van der Waals surface area contributed by atoms with E-state index in [9.17, 15) is 0 Å². The molecule has 1 aromatic rings. The molecule has 0 heterocycles. The van der Waals surface area contributed by atoms with Crippen LogP contribution in [0.5, 0.6) is 0 Å². The van der Waals surface area contributed by atoms with Crippen molar-refractivity contribution < 1.29 is 0 Å². The zero-order valence-electron chi connectivity index (χ0n) is 5.70. The molecular weight excluding hydrogens is 403 g/mol. The SMILES string of the molecule is Cc1ccc(SI)c(Br)c1Br. The standard InChI is InChI=1S/C7H5Br2IS/c1-4-2-3-5(11-10)7(9)6(4)8/h2-3H,1H3. The number of halogens is 3. The molecule has 0 aliphatic rings.